The maximum absolute atomic E-state index is 12.8. The molecule has 20 heavy (non-hydrogen) atoms. The molecule has 2 rings (SSSR count). The van der Waals surface area contributed by atoms with Gasteiger partial charge in [0.2, 0.25) is 0 Å². The van der Waals surface area contributed by atoms with E-state index in [0.29, 0.717) is 16.5 Å². The van der Waals surface area contributed by atoms with Gasteiger partial charge >= 0.3 is 6.18 Å². The van der Waals surface area contributed by atoms with E-state index in [1.54, 1.807) is 25.6 Å². The predicted octanol–water partition coefficient (Wildman–Crippen LogP) is 4.56. The first-order chi connectivity index (χ1) is 9.41. The van der Waals surface area contributed by atoms with Crippen molar-refractivity contribution in [3.63, 3.8) is 0 Å². The van der Waals surface area contributed by atoms with E-state index in [0.717, 1.165) is 11.6 Å². The molecule has 1 aromatic heterocycles. The van der Waals surface area contributed by atoms with E-state index in [1.807, 2.05) is 0 Å². The van der Waals surface area contributed by atoms with Crippen LogP contribution in [-0.2, 0) is 12.6 Å². The first-order valence-electron chi connectivity index (χ1n) is 5.97. The molecule has 2 nitrogen and oxygen atoms in total. The second kappa shape index (κ2) is 6.01. The van der Waals surface area contributed by atoms with Gasteiger partial charge in [0, 0.05) is 10.5 Å². The van der Waals surface area contributed by atoms with Crippen molar-refractivity contribution in [2.45, 2.75) is 18.6 Å². The quantitative estimate of drug-likeness (QED) is 0.876. The summed E-state index contributed by atoms with van der Waals surface area (Å²) in [4.78, 5) is 0. The summed E-state index contributed by atoms with van der Waals surface area (Å²) in [6.45, 7) is 0. The maximum atomic E-state index is 12.8. The third kappa shape index (κ3) is 3.43. The Bertz CT molecular complexity index is 566. The van der Waals surface area contributed by atoms with Gasteiger partial charge in [0.05, 0.1) is 18.1 Å². The average Bonchev–Trinajstić information content (AvgIpc) is 2.88. The van der Waals surface area contributed by atoms with Crippen LogP contribution in [0.1, 0.15) is 22.7 Å². The lowest BCUT2D eigenvalue weighted by Gasteiger charge is -2.19. The minimum absolute atomic E-state index is 0.232. The van der Waals surface area contributed by atoms with Gasteiger partial charge in [-0.15, -0.1) is 0 Å². The highest BCUT2D eigenvalue weighted by Gasteiger charge is 2.31. The van der Waals surface area contributed by atoms with Crippen LogP contribution in [0.25, 0.3) is 0 Å². The normalized spacial score (nSPS) is 13.4. The van der Waals surface area contributed by atoms with Gasteiger partial charge in [-0.3, -0.25) is 0 Å². The highest BCUT2D eigenvalue weighted by atomic mass is 79.9. The summed E-state index contributed by atoms with van der Waals surface area (Å²) in [6, 6.07) is 5.23. The lowest BCUT2D eigenvalue weighted by Crippen LogP contribution is -2.20. The molecule has 1 N–H and O–H groups in total. The highest BCUT2D eigenvalue weighted by Crippen LogP contribution is 2.34. The number of hydrogen-bond acceptors (Lipinski definition) is 2. The zero-order chi connectivity index (χ0) is 14.8. The Kier molecular flexibility index (Phi) is 4.55. The molecular weight excluding hydrogens is 335 g/mol. The lowest BCUT2D eigenvalue weighted by molar-refractivity contribution is -0.137. The molecule has 0 aliphatic heterocycles. The molecule has 0 aliphatic rings. The largest absolute Gasteiger partial charge is 0.472 e. The number of alkyl halides is 3. The van der Waals surface area contributed by atoms with E-state index in [-0.39, 0.29) is 6.04 Å². The first kappa shape index (κ1) is 15.1. The molecule has 0 spiro atoms. The molecule has 1 heterocycles. The van der Waals surface area contributed by atoms with Crippen molar-refractivity contribution < 1.29 is 17.6 Å². The zero-order valence-electron chi connectivity index (χ0n) is 10.7. The van der Waals surface area contributed by atoms with Crippen LogP contribution in [0.2, 0.25) is 0 Å². The molecule has 0 fully saturated rings. The van der Waals surface area contributed by atoms with Gasteiger partial charge in [0.25, 0.3) is 0 Å². The van der Waals surface area contributed by atoms with Gasteiger partial charge in [-0.2, -0.15) is 13.2 Å². The van der Waals surface area contributed by atoms with Crippen molar-refractivity contribution >= 4 is 15.9 Å². The fourth-order valence-corrected chi connectivity index (χ4v) is 2.52. The standard InChI is InChI=1S/C14H13BrF3NO/c1-19-13(6-9-4-5-20-8-9)11-7-10(14(16,17)18)2-3-12(11)15/h2-5,7-8,13,19H,6H2,1H3. The molecule has 2 aromatic rings. The number of hydrogen-bond donors (Lipinski definition) is 1. The third-order valence-electron chi connectivity index (χ3n) is 3.07. The molecule has 0 saturated heterocycles. The van der Waals surface area contributed by atoms with E-state index < -0.39 is 11.7 Å². The number of rotatable bonds is 4. The number of furan rings is 1. The molecule has 0 saturated carbocycles. The molecule has 0 amide bonds. The van der Waals surface area contributed by atoms with Crippen molar-refractivity contribution in [1.29, 1.82) is 0 Å². The minimum atomic E-state index is -4.34. The van der Waals surface area contributed by atoms with Gasteiger partial charge in [0.1, 0.15) is 0 Å². The van der Waals surface area contributed by atoms with E-state index in [2.05, 4.69) is 21.2 Å². The second-order valence-corrected chi connectivity index (χ2v) is 5.27. The van der Waals surface area contributed by atoms with Crippen LogP contribution in [0.5, 0.6) is 0 Å². The van der Waals surface area contributed by atoms with E-state index >= 15 is 0 Å². The molecule has 6 heteroatoms. The van der Waals surface area contributed by atoms with E-state index in [1.165, 1.54) is 12.1 Å². The Hall–Kier alpha value is -1.27. The Morgan fingerprint density at radius 3 is 2.60 bits per heavy atom. The Morgan fingerprint density at radius 1 is 1.30 bits per heavy atom. The van der Waals surface area contributed by atoms with Crippen LogP contribution in [0.4, 0.5) is 13.2 Å². The van der Waals surface area contributed by atoms with E-state index in [9.17, 15) is 13.2 Å². The van der Waals surface area contributed by atoms with Crippen LogP contribution in [0, 0.1) is 0 Å². The molecule has 108 valence electrons. The monoisotopic (exact) mass is 347 g/mol. The maximum Gasteiger partial charge on any atom is 0.416 e. The fourth-order valence-electron chi connectivity index (χ4n) is 2.00. The SMILES string of the molecule is CNC(Cc1ccoc1)c1cc(C(F)(F)F)ccc1Br. The molecule has 0 aliphatic carbocycles. The Morgan fingerprint density at radius 2 is 2.05 bits per heavy atom. The van der Waals surface area contributed by atoms with Crippen molar-refractivity contribution in [1.82, 2.24) is 5.32 Å². The number of likely N-dealkylation sites (N-methyl/N-ethyl adjacent to an activating group) is 1. The smallest absolute Gasteiger partial charge is 0.416 e. The fraction of sp³-hybridized carbons (Fsp3) is 0.286. The molecule has 0 radical (unpaired) electrons. The van der Waals surface area contributed by atoms with Crippen molar-refractivity contribution in [2.75, 3.05) is 7.05 Å². The Labute approximate surface area is 123 Å². The van der Waals surface area contributed by atoms with Crippen LogP contribution < -0.4 is 5.32 Å². The number of benzene rings is 1. The van der Waals surface area contributed by atoms with E-state index in [4.69, 9.17) is 4.42 Å². The summed E-state index contributed by atoms with van der Waals surface area (Å²) in [5.41, 5.74) is 0.848. The number of halogens is 4. The average molecular weight is 348 g/mol. The lowest BCUT2D eigenvalue weighted by atomic mass is 9.98. The first-order valence-corrected chi connectivity index (χ1v) is 6.76. The topological polar surface area (TPSA) is 25.2 Å². The molecule has 1 aromatic carbocycles. The summed E-state index contributed by atoms with van der Waals surface area (Å²) >= 11 is 3.31. The third-order valence-corrected chi connectivity index (χ3v) is 3.79. The number of nitrogens with one attached hydrogen (secondary N) is 1. The molecular formula is C14H13BrF3NO. The van der Waals surface area contributed by atoms with Crippen molar-refractivity contribution in [3.05, 3.63) is 58.0 Å². The van der Waals surface area contributed by atoms with Crippen molar-refractivity contribution in [3.8, 4) is 0 Å². The second-order valence-electron chi connectivity index (χ2n) is 4.41. The summed E-state index contributed by atoms with van der Waals surface area (Å²) < 4.78 is 44.0. The summed E-state index contributed by atoms with van der Waals surface area (Å²) in [7, 11) is 1.72. The van der Waals surface area contributed by atoms with Crippen LogP contribution in [0.3, 0.4) is 0 Å². The van der Waals surface area contributed by atoms with Gasteiger partial charge < -0.3 is 9.73 Å². The molecule has 1 atom stereocenters. The summed E-state index contributed by atoms with van der Waals surface area (Å²) in [5, 5.41) is 3.04. The van der Waals surface area contributed by atoms with Gasteiger partial charge in [-0.05, 0) is 48.9 Å². The van der Waals surface area contributed by atoms with Crippen LogP contribution in [0.15, 0.2) is 45.7 Å². The van der Waals surface area contributed by atoms with Crippen LogP contribution in [-0.4, -0.2) is 7.05 Å². The van der Waals surface area contributed by atoms with Gasteiger partial charge in [0.15, 0.2) is 0 Å². The Balaban J connectivity index is 2.33. The summed E-state index contributed by atoms with van der Waals surface area (Å²) in [6.07, 6.45) is -0.661. The highest BCUT2D eigenvalue weighted by molar-refractivity contribution is 9.10. The van der Waals surface area contributed by atoms with Crippen LogP contribution >= 0.6 is 15.9 Å². The molecule has 1 unspecified atom stereocenters. The van der Waals surface area contributed by atoms with Crippen molar-refractivity contribution in [2.24, 2.45) is 0 Å². The zero-order valence-corrected chi connectivity index (χ0v) is 12.3. The predicted molar refractivity (Wildman–Crippen MR) is 73.4 cm³/mol. The minimum Gasteiger partial charge on any atom is -0.472 e. The summed E-state index contributed by atoms with van der Waals surface area (Å²) in [5.74, 6) is 0. The van der Waals surface area contributed by atoms with Gasteiger partial charge in [-0.25, -0.2) is 0 Å². The molecule has 0 bridgehead atoms. The van der Waals surface area contributed by atoms with Gasteiger partial charge in [-0.1, -0.05) is 15.9 Å².